The van der Waals surface area contributed by atoms with Crippen LogP contribution in [-0.4, -0.2) is 46.7 Å². The van der Waals surface area contributed by atoms with E-state index >= 15 is 0 Å². The van der Waals surface area contributed by atoms with E-state index in [9.17, 15) is 4.80 Å². The Balaban J connectivity index is -0.000000102. The number of aliphatic hydroxyl groups is 3. The molecule has 0 radical (unpaired) electrons. The van der Waals surface area contributed by atoms with Gasteiger partial charge in [-0.1, -0.05) is 41.5 Å². The van der Waals surface area contributed by atoms with Gasteiger partial charge in [0.25, 0.3) is 0 Å². The molecule has 0 rings (SSSR count). The minimum atomic E-state index is -1.94. The second kappa shape index (κ2) is 23.2. The summed E-state index contributed by atoms with van der Waals surface area (Å²) in [6.45, 7) is 23.7. The normalized spacial score (nSPS) is 10.9. The summed E-state index contributed by atoms with van der Waals surface area (Å²) in [6.07, 6.45) is -0.500. The molecular weight excluding hydrogens is 436 g/mol. The van der Waals surface area contributed by atoms with Crippen LogP contribution in [0.15, 0.2) is 0 Å². The van der Waals surface area contributed by atoms with Crippen molar-refractivity contribution in [3.8, 4) is 0 Å². The van der Waals surface area contributed by atoms with Crippen LogP contribution in [0.2, 0.25) is 18.1 Å². The average Bonchev–Trinajstić information content (AvgIpc) is 2.20. The van der Waals surface area contributed by atoms with Crippen molar-refractivity contribution in [2.24, 2.45) is 17.8 Å². The van der Waals surface area contributed by atoms with Gasteiger partial charge in [0.05, 0.1) is 0 Å². The van der Waals surface area contributed by atoms with Crippen molar-refractivity contribution in [2.45, 2.75) is 120 Å². The smallest absolute Gasteiger partial charge is 0.189 e. The van der Waals surface area contributed by atoms with E-state index in [-0.39, 0.29) is 44.5 Å². The van der Waals surface area contributed by atoms with Crippen molar-refractivity contribution in [3.63, 3.8) is 0 Å². The molecule has 27 heavy (non-hydrogen) atoms. The van der Waals surface area contributed by atoms with Crippen LogP contribution in [-0.2, 0) is 26.2 Å². The van der Waals surface area contributed by atoms with Crippen molar-refractivity contribution < 1.29 is 46.3 Å². The summed E-state index contributed by atoms with van der Waals surface area (Å²) in [5, 5.41) is 24.2. The maximum atomic E-state index is 10.7. The van der Waals surface area contributed by atoms with Gasteiger partial charge in [0.1, 0.15) is 0 Å². The largest absolute Gasteiger partial charge is 0.432 e. The van der Waals surface area contributed by atoms with Crippen LogP contribution in [0.3, 0.4) is 0 Å². The van der Waals surface area contributed by atoms with E-state index in [1.165, 1.54) is 0 Å². The van der Waals surface area contributed by atoms with Crippen LogP contribution in [0.4, 0.5) is 0 Å². The van der Waals surface area contributed by atoms with Gasteiger partial charge in [0.2, 0.25) is 0 Å². The molecule has 4 nitrogen and oxygen atoms in total. The molecular formula is C21H52O4SiZr. The first-order valence-corrected chi connectivity index (χ1v) is 12.8. The Bertz CT molecular complexity index is 222. The van der Waals surface area contributed by atoms with Gasteiger partial charge in [-0.2, -0.15) is 0 Å². The fourth-order valence-electron chi connectivity index (χ4n) is 2.53. The van der Waals surface area contributed by atoms with Crippen molar-refractivity contribution in [2.75, 3.05) is 0 Å². The van der Waals surface area contributed by atoms with Crippen LogP contribution in [0, 0.1) is 17.8 Å². The molecule has 0 unspecified atom stereocenters. The van der Waals surface area contributed by atoms with Crippen LogP contribution in [0.25, 0.3) is 0 Å². The fourth-order valence-corrected chi connectivity index (χ4v) is 7.59. The summed E-state index contributed by atoms with van der Waals surface area (Å²) in [6, 6.07) is 3.22. The fraction of sp³-hybridized carbons (Fsp3) is 1.00. The Morgan fingerprint density at radius 2 is 0.593 bits per heavy atom. The van der Waals surface area contributed by atoms with Gasteiger partial charge < -0.3 is 20.1 Å². The SMILES string of the molecule is CC(C)C[Si](O)(CC(C)C)CC(C)C.CC(C)O.CC(C)O.CC(C)O.[Zr]. The molecule has 0 aromatic heterocycles. The van der Waals surface area contributed by atoms with Gasteiger partial charge in [-0.05, 0) is 77.4 Å². The van der Waals surface area contributed by atoms with Gasteiger partial charge in [0.15, 0.2) is 8.32 Å². The molecule has 0 aromatic carbocycles. The first-order chi connectivity index (χ1) is 11.4. The third-order valence-corrected chi connectivity index (χ3v) is 7.09. The molecule has 6 heteroatoms. The molecule has 168 valence electrons. The van der Waals surface area contributed by atoms with Gasteiger partial charge in [-0.15, -0.1) is 0 Å². The van der Waals surface area contributed by atoms with E-state index in [4.69, 9.17) is 15.3 Å². The quantitative estimate of drug-likeness (QED) is 0.395. The molecule has 0 atom stereocenters. The first kappa shape index (κ1) is 38.5. The van der Waals surface area contributed by atoms with Crippen molar-refractivity contribution in [1.29, 1.82) is 0 Å². The second-order valence-corrected chi connectivity index (χ2v) is 13.0. The average molecular weight is 488 g/mol. The summed E-state index contributed by atoms with van der Waals surface area (Å²) >= 11 is 0. The zero-order valence-corrected chi connectivity index (χ0v) is 23.8. The number of rotatable bonds is 6. The summed E-state index contributed by atoms with van der Waals surface area (Å²) < 4.78 is 0. The van der Waals surface area contributed by atoms with Crippen molar-refractivity contribution >= 4 is 8.32 Å². The zero-order valence-electron chi connectivity index (χ0n) is 20.4. The van der Waals surface area contributed by atoms with E-state index in [2.05, 4.69) is 41.5 Å². The van der Waals surface area contributed by atoms with Crippen molar-refractivity contribution in [3.05, 3.63) is 0 Å². The molecule has 4 N–H and O–H groups in total. The Hall–Kier alpha value is 0.940. The number of hydrogen-bond acceptors (Lipinski definition) is 4. The second-order valence-electron chi connectivity index (χ2n) is 9.30. The molecule has 0 spiro atoms. The van der Waals surface area contributed by atoms with Gasteiger partial charge in [-0.3, -0.25) is 0 Å². The van der Waals surface area contributed by atoms with Crippen LogP contribution >= 0.6 is 0 Å². The minimum Gasteiger partial charge on any atom is -0.432 e. The maximum Gasteiger partial charge on any atom is 0.189 e. The zero-order chi connectivity index (χ0) is 22.1. The molecule has 0 aliphatic heterocycles. The molecule has 0 aliphatic carbocycles. The van der Waals surface area contributed by atoms with E-state index in [1.54, 1.807) is 41.5 Å². The molecule has 0 amide bonds. The van der Waals surface area contributed by atoms with E-state index in [1.807, 2.05) is 0 Å². The molecule has 0 aliphatic rings. The third kappa shape index (κ3) is 65.9. The Morgan fingerprint density at radius 1 is 0.481 bits per heavy atom. The molecule has 0 fully saturated rings. The molecule has 0 saturated carbocycles. The Morgan fingerprint density at radius 3 is 0.667 bits per heavy atom. The minimum absolute atomic E-state index is 0. The molecule has 0 bridgehead atoms. The third-order valence-electron chi connectivity index (χ3n) is 2.36. The topological polar surface area (TPSA) is 80.9 Å². The van der Waals surface area contributed by atoms with Crippen LogP contribution in [0.5, 0.6) is 0 Å². The molecule has 0 heterocycles. The summed E-state index contributed by atoms with van der Waals surface area (Å²) in [4.78, 5) is 10.7. The van der Waals surface area contributed by atoms with E-state index in [0.29, 0.717) is 17.8 Å². The monoisotopic (exact) mass is 486 g/mol. The van der Waals surface area contributed by atoms with Gasteiger partial charge in [-0.25, -0.2) is 0 Å². The van der Waals surface area contributed by atoms with Crippen molar-refractivity contribution in [1.82, 2.24) is 0 Å². The maximum absolute atomic E-state index is 10.7. The molecule has 0 saturated heterocycles. The summed E-state index contributed by atoms with van der Waals surface area (Å²) in [7, 11) is -1.94. The summed E-state index contributed by atoms with van der Waals surface area (Å²) in [5.41, 5.74) is 0. The van der Waals surface area contributed by atoms with E-state index < -0.39 is 8.32 Å². The number of hydrogen-bond donors (Lipinski definition) is 4. The summed E-state index contributed by atoms with van der Waals surface area (Å²) in [5.74, 6) is 1.93. The number of aliphatic hydroxyl groups excluding tert-OH is 3. The van der Waals surface area contributed by atoms with Crippen LogP contribution in [0.1, 0.15) is 83.1 Å². The molecule has 0 aromatic rings. The van der Waals surface area contributed by atoms with Gasteiger partial charge in [0, 0.05) is 44.5 Å². The predicted octanol–water partition coefficient (Wildman–Crippen LogP) is 5.05. The Labute approximate surface area is 191 Å². The van der Waals surface area contributed by atoms with Crippen LogP contribution < -0.4 is 0 Å². The predicted molar refractivity (Wildman–Crippen MR) is 119 cm³/mol. The van der Waals surface area contributed by atoms with E-state index in [0.717, 1.165) is 18.1 Å². The van der Waals surface area contributed by atoms with Gasteiger partial charge >= 0.3 is 0 Å². The first-order valence-electron chi connectivity index (χ1n) is 10.2. The Kier molecular flexibility index (Phi) is 33.1. The standard InChI is InChI=1S/C12H28OSi.3C3H8O.Zr/c1-10(2)7-14(13,8-11(3)4)9-12(5)6;3*1-3(2)4;/h10-13H,7-9H2,1-6H3;3*3-4H,1-2H3;.